The maximum absolute atomic E-state index is 2.38. The van der Waals surface area contributed by atoms with Crippen LogP contribution in [0.1, 0.15) is 0 Å². The fraction of sp³-hybridized carbons (Fsp3) is 0. The molecule has 254 valence electrons. The smallest absolute Gasteiger partial charge is 0.0468 e. The molecule has 0 radical (unpaired) electrons. The monoisotopic (exact) mass is 705 g/mol. The molecule has 0 aliphatic heterocycles. The lowest BCUT2D eigenvalue weighted by molar-refractivity contribution is 1.29. The van der Waals surface area contributed by atoms with Gasteiger partial charge in [0.1, 0.15) is 0 Å². The second-order valence-electron chi connectivity index (χ2n) is 13.8. The van der Waals surface area contributed by atoms with E-state index in [0.717, 1.165) is 17.1 Å². The van der Waals surface area contributed by atoms with E-state index in [4.69, 9.17) is 0 Å². The van der Waals surface area contributed by atoms with E-state index >= 15 is 0 Å². The van der Waals surface area contributed by atoms with E-state index in [0.29, 0.717) is 0 Å². The van der Waals surface area contributed by atoms with Gasteiger partial charge in [-0.05, 0) is 116 Å². The van der Waals surface area contributed by atoms with Crippen LogP contribution < -0.4 is 4.90 Å². The molecule has 0 saturated heterocycles. The fourth-order valence-electron chi connectivity index (χ4n) is 7.66. The second-order valence-corrected chi connectivity index (χ2v) is 14.9. The molecule has 0 aliphatic rings. The summed E-state index contributed by atoms with van der Waals surface area (Å²) in [4.78, 5) is 2.38. The summed E-state index contributed by atoms with van der Waals surface area (Å²) in [6.45, 7) is 0. The minimum absolute atomic E-state index is 1.12. The molecule has 0 aliphatic carbocycles. The first kappa shape index (κ1) is 32.0. The van der Waals surface area contributed by atoms with Crippen LogP contribution in [0.25, 0.3) is 75.5 Å². The molecule has 0 N–H and O–H groups in total. The highest BCUT2D eigenvalue weighted by molar-refractivity contribution is 7.25. The quantitative estimate of drug-likeness (QED) is 0.160. The van der Waals surface area contributed by atoms with E-state index in [1.165, 1.54) is 75.5 Å². The van der Waals surface area contributed by atoms with Crippen LogP contribution in [0, 0.1) is 0 Å². The Balaban J connectivity index is 0.983. The van der Waals surface area contributed by atoms with Crippen molar-refractivity contribution in [1.82, 2.24) is 0 Å². The van der Waals surface area contributed by atoms with Gasteiger partial charge in [-0.3, -0.25) is 0 Å². The normalized spacial score (nSPS) is 11.3. The van der Waals surface area contributed by atoms with Crippen molar-refractivity contribution >= 4 is 59.3 Å². The SMILES string of the molecule is c1ccc(-c2cccc(N(c3ccc(-c4ccc(-c5cccc(-c6ccc7ccccc7c6)c5)cc4)cc3)c3ccc4sc5ccccc5c4c3)c2)cc1. The average Bonchev–Trinajstić information content (AvgIpc) is 3.62. The van der Waals surface area contributed by atoms with Gasteiger partial charge in [-0.2, -0.15) is 0 Å². The lowest BCUT2D eigenvalue weighted by Gasteiger charge is -2.26. The molecule has 0 saturated carbocycles. The molecule has 2 heteroatoms. The molecule has 0 atom stereocenters. The van der Waals surface area contributed by atoms with Crippen molar-refractivity contribution in [2.24, 2.45) is 0 Å². The van der Waals surface area contributed by atoms with Gasteiger partial charge in [0.2, 0.25) is 0 Å². The summed E-state index contributed by atoms with van der Waals surface area (Å²) >= 11 is 1.85. The van der Waals surface area contributed by atoms with Gasteiger partial charge in [0.05, 0.1) is 0 Å². The van der Waals surface area contributed by atoms with Crippen LogP contribution in [0.4, 0.5) is 17.1 Å². The number of hydrogen-bond acceptors (Lipinski definition) is 2. The minimum atomic E-state index is 1.12. The third kappa shape index (κ3) is 6.03. The molecule has 0 spiro atoms. The van der Waals surface area contributed by atoms with Crippen molar-refractivity contribution in [1.29, 1.82) is 0 Å². The number of fused-ring (bicyclic) bond motifs is 4. The fourth-order valence-corrected chi connectivity index (χ4v) is 8.75. The number of anilines is 3. The third-order valence-electron chi connectivity index (χ3n) is 10.5. The van der Waals surface area contributed by atoms with Crippen molar-refractivity contribution < 1.29 is 0 Å². The summed E-state index contributed by atoms with van der Waals surface area (Å²) in [6, 6.07) is 77.2. The molecular weight excluding hydrogens is 671 g/mol. The predicted octanol–water partition coefficient (Wildman–Crippen LogP) is 15.3. The molecule has 1 nitrogen and oxygen atoms in total. The number of nitrogens with zero attached hydrogens (tertiary/aromatic N) is 1. The van der Waals surface area contributed by atoms with Crippen LogP contribution in [-0.2, 0) is 0 Å². The summed E-state index contributed by atoms with van der Waals surface area (Å²) in [6.07, 6.45) is 0. The van der Waals surface area contributed by atoms with E-state index in [1.807, 2.05) is 11.3 Å². The van der Waals surface area contributed by atoms with Gasteiger partial charge in [0.15, 0.2) is 0 Å². The Kier molecular flexibility index (Phi) is 8.09. The zero-order valence-corrected chi connectivity index (χ0v) is 30.4. The molecule has 54 heavy (non-hydrogen) atoms. The van der Waals surface area contributed by atoms with Gasteiger partial charge in [-0.1, -0.05) is 152 Å². The summed E-state index contributed by atoms with van der Waals surface area (Å²) < 4.78 is 2.62. The Morgan fingerprint density at radius 3 is 1.56 bits per heavy atom. The topological polar surface area (TPSA) is 3.24 Å². The molecule has 10 aromatic rings. The average molecular weight is 706 g/mol. The Morgan fingerprint density at radius 1 is 0.259 bits per heavy atom. The van der Waals surface area contributed by atoms with Gasteiger partial charge in [-0.15, -0.1) is 11.3 Å². The van der Waals surface area contributed by atoms with Gasteiger partial charge in [0, 0.05) is 37.2 Å². The van der Waals surface area contributed by atoms with Gasteiger partial charge >= 0.3 is 0 Å². The standard InChI is InChI=1S/C52H35NS/c1-2-10-36(11-3-1)44-16-9-17-47(34-44)53(48-30-31-52-50(35-48)49-18-6-7-19-51(49)54-52)46-28-26-39(27-29-46)38-20-22-40(23-21-38)42-14-8-15-43(32-42)45-25-24-37-12-4-5-13-41(37)33-45/h1-35H. The Bertz CT molecular complexity index is 2920. The second kappa shape index (κ2) is 13.7. The number of rotatable bonds is 7. The molecule has 1 aromatic heterocycles. The molecule has 0 fully saturated rings. The largest absolute Gasteiger partial charge is 0.310 e. The maximum atomic E-state index is 2.38. The van der Waals surface area contributed by atoms with Crippen LogP contribution in [0.15, 0.2) is 212 Å². The molecule has 10 rings (SSSR count). The lowest BCUT2D eigenvalue weighted by atomic mass is 9.96. The molecule has 0 amide bonds. The van der Waals surface area contributed by atoms with E-state index in [2.05, 4.69) is 217 Å². The lowest BCUT2D eigenvalue weighted by Crippen LogP contribution is -2.10. The summed E-state index contributed by atoms with van der Waals surface area (Å²) in [5.74, 6) is 0. The maximum Gasteiger partial charge on any atom is 0.0468 e. The van der Waals surface area contributed by atoms with Crippen molar-refractivity contribution in [2.75, 3.05) is 4.90 Å². The highest BCUT2D eigenvalue weighted by Gasteiger charge is 2.16. The molecule has 9 aromatic carbocycles. The summed E-state index contributed by atoms with van der Waals surface area (Å²) in [5, 5.41) is 5.12. The molecule has 1 heterocycles. The Labute approximate surface area is 319 Å². The highest BCUT2D eigenvalue weighted by Crippen LogP contribution is 2.42. The minimum Gasteiger partial charge on any atom is -0.310 e. The van der Waals surface area contributed by atoms with Crippen LogP contribution >= 0.6 is 11.3 Å². The molecule has 0 bridgehead atoms. The van der Waals surface area contributed by atoms with Crippen LogP contribution in [0.5, 0.6) is 0 Å². The Morgan fingerprint density at radius 2 is 0.759 bits per heavy atom. The zero-order valence-electron chi connectivity index (χ0n) is 29.6. The first-order valence-electron chi connectivity index (χ1n) is 18.4. The predicted molar refractivity (Wildman–Crippen MR) is 233 cm³/mol. The van der Waals surface area contributed by atoms with Crippen molar-refractivity contribution in [3.8, 4) is 44.5 Å². The van der Waals surface area contributed by atoms with Crippen LogP contribution in [0.3, 0.4) is 0 Å². The first-order chi connectivity index (χ1) is 26.7. The summed E-state index contributed by atoms with van der Waals surface area (Å²) in [5.41, 5.74) is 13.0. The van der Waals surface area contributed by atoms with Crippen molar-refractivity contribution in [2.45, 2.75) is 0 Å². The van der Waals surface area contributed by atoms with Crippen molar-refractivity contribution in [3.63, 3.8) is 0 Å². The van der Waals surface area contributed by atoms with Gasteiger partial charge in [0.25, 0.3) is 0 Å². The van der Waals surface area contributed by atoms with Crippen molar-refractivity contribution in [3.05, 3.63) is 212 Å². The number of benzene rings is 9. The number of hydrogen-bond donors (Lipinski definition) is 0. The van der Waals surface area contributed by atoms with Gasteiger partial charge < -0.3 is 4.90 Å². The van der Waals surface area contributed by atoms with E-state index in [9.17, 15) is 0 Å². The first-order valence-corrected chi connectivity index (χ1v) is 19.2. The Hall–Kier alpha value is -6.74. The van der Waals surface area contributed by atoms with E-state index in [1.54, 1.807) is 0 Å². The van der Waals surface area contributed by atoms with Crippen LogP contribution in [-0.4, -0.2) is 0 Å². The highest BCUT2D eigenvalue weighted by atomic mass is 32.1. The van der Waals surface area contributed by atoms with Gasteiger partial charge in [-0.25, -0.2) is 0 Å². The molecule has 0 unspecified atom stereocenters. The van der Waals surface area contributed by atoms with Crippen LogP contribution in [0.2, 0.25) is 0 Å². The van der Waals surface area contributed by atoms with E-state index in [-0.39, 0.29) is 0 Å². The zero-order chi connectivity index (χ0) is 35.8. The summed E-state index contributed by atoms with van der Waals surface area (Å²) in [7, 11) is 0. The number of thiophene rings is 1. The van der Waals surface area contributed by atoms with E-state index < -0.39 is 0 Å². The third-order valence-corrected chi connectivity index (χ3v) is 11.6. The molecular formula is C52H35NS.